The summed E-state index contributed by atoms with van der Waals surface area (Å²) in [5.41, 5.74) is 0. The topological polar surface area (TPSA) is 102 Å². The third-order valence-corrected chi connectivity index (χ3v) is 5.65. The Bertz CT molecular complexity index is 626. The molecule has 21 heavy (non-hydrogen) atoms. The van der Waals surface area contributed by atoms with E-state index in [1.54, 1.807) is 0 Å². The average molecular weight is 379 g/mol. The molecule has 2 atom stereocenters. The third kappa shape index (κ3) is 4.08. The van der Waals surface area contributed by atoms with Crippen LogP contribution in [0.4, 0.5) is 0 Å². The van der Waals surface area contributed by atoms with E-state index in [9.17, 15) is 13.2 Å². The highest BCUT2D eigenvalue weighted by atomic mass is 79.9. The zero-order valence-corrected chi connectivity index (χ0v) is 14.2. The molecule has 1 aliphatic rings. The highest BCUT2D eigenvalue weighted by Crippen LogP contribution is 2.28. The number of rotatable bonds is 4. The summed E-state index contributed by atoms with van der Waals surface area (Å²) < 4.78 is 27.7. The molecule has 0 aromatic carbocycles. The van der Waals surface area contributed by atoms with E-state index >= 15 is 0 Å². The van der Waals surface area contributed by atoms with Gasteiger partial charge in [0, 0.05) is 12.1 Å². The number of halogens is 1. The molecule has 1 aromatic heterocycles. The molecule has 0 aliphatic heterocycles. The van der Waals surface area contributed by atoms with E-state index in [0.29, 0.717) is 5.92 Å². The number of hydrogen-bond acceptors (Lipinski definition) is 4. The number of nitrogens with two attached hydrogens (primary N) is 1. The van der Waals surface area contributed by atoms with Crippen molar-refractivity contribution < 1.29 is 17.6 Å². The van der Waals surface area contributed by atoms with Crippen molar-refractivity contribution in [2.75, 3.05) is 0 Å². The molecule has 1 fully saturated rings. The van der Waals surface area contributed by atoms with Gasteiger partial charge in [-0.15, -0.1) is 0 Å². The molecule has 0 saturated heterocycles. The summed E-state index contributed by atoms with van der Waals surface area (Å²) >= 11 is 2.96. The molecule has 1 amide bonds. The second kappa shape index (κ2) is 6.50. The minimum atomic E-state index is -3.91. The Hall–Kier alpha value is -0.860. The first-order chi connectivity index (χ1) is 9.81. The van der Waals surface area contributed by atoms with Gasteiger partial charge in [-0.25, -0.2) is 13.6 Å². The molecule has 8 heteroatoms. The van der Waals surface area contributed by atoms with Gasteiger partial charge in [-0.2, -0.15) is 0 Å². The van der Waals surface area contributed by atoms with Gasteiger partial charge >= 0.3 is 0 Å². The van der Waals surface area contributed by atoms with Crippen molar-refractivity contribution in [1.29, 1.82) is 0 Å². The van der Waals surface area contributed by atoms with Gasteiger partial charge < -0.3 is 9.73 Å². The van der Waals surface area contributed by atoms with Gasteiger partial charge in [0.25, 0.3) is 5.91 Å². The Morgan fingerprint density at radius 2 is 2.24 bits per heavy atom. The molecular formula is C13H19BrN2O4S. The smallest absolute Gasteiger partial charge is 0.287 e. The molecule has 1 heterocycles. The van der Waals surface area contributed by atoms with Crippen molar-refractivity contribution in [1.82, 2.24) is 5.32 Å². The van der Waals surface area contributed by atoms with Crippen molar-refractivity contribution in [3.8, 4) is 0 Å². The SMILES string of the molecule is CCC1CCCC(NC(=O)c2cc(S(N)(=O)=O)c(Br)o2)C1. The standard InChI is InChI=1S/C13H19BrN2O4S/c1-2-8-4-3-5-9(6-8)16-13(17)10-7-11(12(14)20-10)21(15,18)19/h7-9H,2-6H2,1H3,(H,16,17)(H2,15,18,19). The van der Waals surface area contributed by atoms with Crippen LogP contribution in [0.1, 0.15) is 49.6 Å². The fraction of sp³-hybridized carbons (Fsp3) is 0.615. The zero-order valence-electron chi connectivity index (χ0n) is 11.8. The van der Waals surface area contributed by atoms with E-state index in [4.69, 9.17) is 9.56 Å². The zero-order chi connectivity index (χ0) is 15.6. The first kappa shape index (κ1) is 16.5. The van der Waals surface area contributed by atoms with Crippen LogP contribution < -0.4 is 10.5 Å². The Balaban J connectivity index is 2.07. The molecule has 118 valence electrons. The molecule has 6 nitrogen and oxygen atoms in total. The van der Waals surface area contributed by atoms with Crippen LogP contribution in [-0.2, 0) is 10.0 Å². The van der Waals surface area contributed by atoms with Crippen LogP contribution in [0, 0.1) is 5.92 Å². The van der Waals surface area contributed by atoms with E-state index in [1.807, 2.05) is 0 Å². The molecule has 0 spiro atoms. The van der Waals surface area contributed by atoms with Crippen molar-refractivity contribution in [2.45, 2.75) is 50.0 Å². The molecule has 1 saturated carbocycles. The summed E-state index contributed by atoms with van der Waals surface area (Å²) in [6, 6.07) is 1.26. The van der Waals surface area contributed by atoms with Crippen LogP contribution in [0.5, 0.6) is 0 Å². The highest BCUT2D eigenvalue weighted by Gasteiger charge is 2.26. The quantitative estimate of drug-likeness (QED) is 0.839. The summed E-state index contributed by atoms with van der Waals surface area (Å²) in [6.07, 6.45) is 5.28. The summed E-state index contributed by atoms with van der Waals surface area (Å²) in [6.45, 7) is 2.15. The summed E-state index contributed by atoms with van der Waals surface area (Å²) in [7, 11) is -3.91. The Labute approximate surface area is 132 Å². The molecule has 1 aliphatic carbocycles. The van der Waals surface area contributed by atoms with Crippen LogP contribution in [0.3, 0.4) is 0 Å². The third-order valence-electron chi connectivity index (χ3n) is 3.88. The van der Waals surface area contributed by atoms with Crippen molar-refractivity contribution >= 4 is 31.9 Å². The van der Waals surface area contributed by atoms with Crippen LogP contribution >= 0.6 is 15.9 Å². The second-order valence-electron chi connectivity index (χ2n) is 5.40. The number of sulfonamides is 1. The van der Waals surface area contributed by atoms with Gasteiger partial charge in [-0.05, 0) is 34.7 Å². The molecule has 1 aromatic rings. The Kier molecular flexibility index (Phi) is 5.11. The summed E-state index contributed by atoms with van der Waals surface area (Å²) in [5, 5.41) is 7.94. The number of primary sulfonamides is 1. The molecule has 0 bridgehead atoms. The maximum atomic E-state index is 12.1. The maximum absolute atomic E-state index is 12.1. The predicted octanol–water partition coefficient (Wildman–Crippen LogP) is 2.39. The molecule has 2 rings (SSSR count). The molecule has 0 radical (unpaired) electrons. The number of furan rings is 1. The number of amides is 1. The first-order valence-corrected chi connectivity index (χ1v) is 9.28. The average Bonchev–Trinajstić information content (AvgIpc) is 2.81. The summed E-state index contributed by atoms with van der Waals surface area (Å²) in [5.74, 6) is 0.171. The number of hydrogen-bond donors (Lipinski definition) is 2. The molecule has 2 unspecified atom stereocenters. The van der Waals surface area contributed by atoms with Crippen LogP contribution in [0.15, 0.2) is 20.0 Å². The lowest BCUT2D eigenvalue weighted by Crippen LogP contribution is -2.38. The van der Waals surface area contributed by atoms with Gasteiger partial charge in [0.1, 0.15) is 4.90 Å². The lowest BCUT2D eigenvalue weighted by atomic mass is 9.84. The van der Waals surface area contributed by atoms with Gasteiger partial charge in [-0.3, -0.25) is 4.79 Å². The minimum Gasteiger partial charge on any atom is -0.443 e. The van der Waals surface area contributed by atoms with Crippen LogP contribution in [-0.4, -0.2) is 20.4 Å². The Morgan fingerprint density at radius 1 is 1.52 bits per heavy atom. The second-order valence-corrected chi connectivity index (χ2v) is 7.65. The van der Waals surface area contributed by atoms with Gasteiger partial charge in [0.05, 0.1) is 0 Å². The van der Waals surface area contributed by atoms with E-state index < -0.39 is 15.9 Å². The lowest BCUT2D eigenvalue weighted by molar-refractivity contribution is 0.0889. The number of carbonyl (C=O) groups excluding carboxylic acids is 1. The van der Waals surface area contributed by atoms with E-state index in [0.717, 1.165) is 31.7 Å². The van der Waals surface area contributed by atoms with Gasteiger partial charge in [0.15, 0.2) is 10.4 Å². The molecule has 3 N–H and O–H groups in total. The minimum absolute atomic E-state index is 0.0507. The Morgan fingerprint density at radius 3 is 2.81 bits per heavy atom. The van der Waals surface area contributed by atoms with Crippen LogP contribution in [0.25, 0.3) is 0 Å². The molecular weight excluding hydrogens is 360 g/mol. The van der Waals surface area contributed by atoms with Gasteiger partial charge in [-0.1, -0.05) is 26.2 Å². The van der Waals surface area contributed by atoms with E-state index in [2.05, 4.69) is 28.2 Å². The maximum Gasteiger partial charge on any atom is 0.287 e. The van der Waals surface area contributed by atoms with Crippen LogP contribution in [0.2, 0.25) is 0 Å². The monoisotopic (exact) mass is 378 g/mol. The predicted molar refractivity (Wildman–Crippen MR) is 81.3 cm³/mol. The normalized spacial score (nSPS) is 23.0. The van der Waals surface area contributed by atoms with Crippen molar-refractivity contribution in [2.24, 2.45) is 11.1 Å². The van der Waals surface area contributed by atoms with E-state index in [1.165, 1.54) is 6.42 Å². The number of carbonyl (C=O) groups is 1. The lowest BCUT2D eigenvalue weighted by Gasteiger charge is -2.28. The van der Waals surface area contributed by atoms with E-state index in [-0.39, 0.29) is 21.4 Å². The first-order valence-electron chi connectivity index (χ1n) is 6.94. The fourth-order valence-corrected chi connectivity index (χ4v) is 4.21. The van der Waals surface area contributed by atoms with Crippen molar-refractivity contribution in [3.05, 3.63) is 16.5 Å². The van der Waals surface area contributed by atoms with Gasteiger partial charge in [0.2, 0.25) is 10.0 Å². The van der Waals surface area contributed by atoms with Crippen molar-refractivity contribution in [3.63, 3.8) is 0 Å². The largest absolute Gasteiger partial charge is 0.443 e. The summed E-state index contributed by atoms with van der Waals surface area (Å²) in [4.78, 5) is 11.9. The highest BCUT2D eigenvalue weighted by molar-refractivity contribution is 9.10. The fourth-order valence-electron chi connectivity index (χ4n) is 2.71. The number of nitrogens with one attached hydrogen (secondary N) is 1.